The topological polar surface area (TPSA) is 69.7 Å². The number of benzene rings is 1. The van der Waals surface area contributed by atoms with E-state index in [1.165, 1.54) is 5.69 Å². The SMILES string of the molecule is CC[C@@H](c1nnnn1C[C@H]1CCCO1)[NH+]1CCN(c2ccccc2OC)CC1. The number of piperazine rings is 1. The summed E-state index contributed by atoms with van der Waals surface area (Å²) in [5.41, 5.74) is 1.18. The van der Waals surface area contributed by atoms with Gasteiger partial charge in [-0.2, -0.15) is 0 Å². The van der Waals surface area contributed by atoms with E-state index in [1.807, 2.05) is 16.8 Å². The Morgan fingerprint density at radius 2 is 2.11 bits per heavy atom. The van der Waals surface area contributed by atoms with Gasteiger partial charge < -0.3 is 19.3 Å². The number of hydrogen-bond acceptors (Lipinski definition) is 6. The summed E-state index contributed by atoms with van der Waals surface area (Å²) < 4.78 is 13.3. The van der Waals surface area contributed by atoms with E-state index in [1.54, 1.807) is 12.0 Å². The average Bonchev–Trinajstić information content (AvgIpc) is 3.42. The van der Waals surface area contributed by atoms with Gasteiger partial charge >= 0.3 is 0 Å². The minimum absolute atomic E-state index is 0.247. The number of para-hydroxylation sites is 2. The van der Waals surface area contributed by atoms with Crippen LogP contribution in [0.3, 0.4) is 0 Å². The zero-order valence-corrected chi connectivity index (χ0v) is 16.9. The van der Waals surface area contributed by atoms with Crippen molar-refractivity contribution in [3.63, 3.8) is 0 Å². The molecule has 2 aliphatic rings. The van der Waals surface area contributed by atoms with E-state index >= 15 is 0 Å². The number of tetrazole rings is 1. The molecular weight excluding hydrogens is 356 g/mol. The molecule has 2 aromatic rings. The predicted octanol–water partition coefficient (Wildman–Crippen LogP) is 0.717. The highest BCUT2D eigenvalue weighted by molar-refractivity contribution is 5.58. The summed E-state index contributed by atoms with van der Waals surface area (Å²) in [7, 11) is 1.74. The molecule has 0 radical (unpaired) electrons. The van der Waals surface area contributed by atoms with Crippen molar-refractivity contribution in [1.82, 2.24) is 20.2 Å². The molecule has 2 fully saturated rings. The number of aromatic nitrogens is 4. The van der Waals surface area contributed by atoms with Crippen molar-refractivity contribution in [2.75, 3.05) is 44.8 Å². The first-order valence-electron chi connectivity index (χ1n) is 10.4. The van der Waals surface area contributed by atoms with Crippen molar-refractivity contribution in [2.24, 2.45) is 0 Å². The van der Waals surface area contributed by atoms with E-state index in [0.717, 1.165) is 70.2 Å². The van der Waals surface area contributed by atoms with E-state index in [2.05, 4.69) is 39.5 Å². The molecule has 2 atom stereocenters. The van der Waals surface area contributed by atoms with Gasteiger partial charge in [-0.25, -0.2) is 4.68 Å². The molecule has 0 unspecified atom stereocenters. The Bertz CT molecular complexity index is 753. The van der Waals surface area contributed by atoms with Crippen molar-refractivity contribution in [2.45, 2.75) is 44.9 Å². The lowest BCUT2D eigenvalue weighted by Gasteiger charge is -2.37. The van der Waals surface area contributed by atoms with Gasteiger partial charge in [0.15, 0.2) is 0 Å². The second-order valence-corrected chi connectivity index (χ2v) is 7.63. The van der Waals surface area contributed by atoms with Crippen molar-refractivity contribution < 1.29 is 14.4 Å². The molecule has 2 aliphatic heterocycles. The van der Waals surface area contributed by atoms with Crippen LogP contribution in [-0.4, -0.2) is 66.2 Å². The van der Waals surface area contributed by atoms with Gasteiger partial charge in [0.05, 0.1) is 51.6 Å². The van der Waals surface area contributed by atoms with Crippen molar-refractivity contribution in [3.8, 4) is 5.75 Å². The minimum Gasteiger partial charge on any atom is -0.495 e. The number of nitrogens with one attached hydrogen (secondary N) is 1. The molecule has 0 aliphatic carbocycles. The van der Waals surface area contributed by atoms with Gasteiger partial charge in [-0.15, -0.1) is 5.10 Å². The Morgan fingerprint density at radius 3 is 2.82 bits per heavy atom. The zero-order chi connectivity index (χ0) is 19.3. The highest BCUT2D eigenvalue weighted by atomic mass is 16.5. The minimum atomic E-state index is 0.247. The van der Waals surface area contributed by atoms with Crippen LogP contribution in [0, 0.1) is 0 Å². The van der Waals surface area contributed by atoms with E-state index in [9.17, 15) is 0 Å². The third-order valence-electron chi connectivity index (χ3n) is 6.00. The molecule has 8 nitrogen and oxygen atoms in total. The van der Waals surface area contributed by atoms with Crippen LogP contribution < -0.4 is 14.5 Å². The molecular formula is C20H31N6O2+. The molecule has 0 saturated carbocycles. The van der Waals surface area contributed by atoms with Crippen LogP contribution in [0.5, 0.6) is 5.75 Å². The molecule has 0 bridgehead atoms. The molecule has 0 amide bonds. The van der Waals surface area contributed by atoms with Gasteiger partial charge in [0.25, 0.3) is 0 Å². The van der Waals surface area contributed by atoms with E-state index in [-0.39, 0.29) is 6.10 Å². The fourth-order valence-electron chi connectivity index (χ4n) is 4.50. The second-order valence-electron chi connectivity index (χ2n) is 7.63. The summed E-state index contributed by atoms with van der Waals surface area (Å²) in [4.78, 5) is 3.97. The largest absolute Gasteiger partial charge is 0.495 e. The van der Waals surface area contributed by atoms with Gasteiger partial charge in [0, 0.05) is 13.0 Å². The number of ether oxygens (including phenoxy) is 2. The Morgan fingerprint density at radius 1 is 1.29 bits per heavy atom. The third kappa shape index (κ3) is 3.98. The molecule has 1 aromatic heterocycles. The summed E-state index contributed by atoms with van der Waals surface area (Å²) in [5.74, 6) is 1.94. The summed E-state index contributed by atoms with van der Waals surface area (Å²) in [6.45, 7) is 7.97. The number of quaternary nitrogens is 1. The lowest BCUT2D eigenvalue weighted by Crippen LogP contribution is -3.15. The summed E-state index contributed by atoms with van der Waals surface area (Å²) in [6, 6.07) is 8.58. The Balaban J connectivity index is 1.42. The van der Waals surface area contributed by atoms with Crippen LogP contribution in [0.25, 0.3) is 0 Å². The van der Waals surface area contributed by atoms with Gasteiger partial charge in [0.1, 0.15) is 11.8 Å². The lowest BCUT2D eigenvalue weighted by atomic mass is 10.1. The molecule has 3 heterocycles. The highest BCUT2D eigenvalue weighted by Crippen LogP contribution is 2.27. The summed E-state index contributed by atoms with van der Waals surface area (Å²) in [6.07, 6.45) is 3.50. The Hall–Kier alpha value is -2.19. The molecule has 1 aromatic carbocycles. The quantitative estimate of drug-likeness (QED) is 0.755. The first kappa shape index (κ1) is 19.1. The van der Waals surface area contributed by atoms with Gasteiger partial charge in [-0.1, -0.05) is 19.1 Å². The number of anilines is 1. The van der Waals surface area contributed by atoms with Crippen LogP contribution in [0.1, 0.15) is 38.1 Å². The monoisotopic (exact) mass is 387 g/mol. The molecule has 2 saturated heterocycles. The predicted molar refractivity (Wildman–Crippen MR) is 106 cm³/mol. The number of methoxy groups -OCH3 is 1. The standard InChI is InChI=1S/C20H30N6O2/c1-3-17(20-21-22-23-26(20)15-16-7-6-14-28-16)24-10-12-25(13-11-24)18-8-4-5-9-19(18)27-2/h4-5,8-9,16-17H,3,6-7,10-15H2,1-2H3/p+1/t16-,17+/m1/s1. The maximum absolute atomic E-state index is 5.78. The second kappa shape index (κ2) is 8.87. The van der Waals surface area contributed by atoms with Crippen LogP contribution in [0.4, 0.5) is 5.69 Å². The highest BCUT2D eigenvalue weighted by Gasteiger charge is 2.32. The normalized spacial score (nSPS) is 21.8. The molecule has 8 heteroatoms. The van der Waals surface area contributed by atoms with Crippen LogP contribution >= 0.6 is 0 Å². The number of nitrogens with zero attached hydrogens (tertiary/aromatic N) is 5. The summed E-state index contributed by atoms with van der Waals surface area (Å²) in [5, 5.41) is 12.6. The Labute approximate surface area is 166 Å². The van der Waals surface area contributed by atoms with Crippen LogP contribution in [0.2, 0.25) is 0 Å². The van der Waals surface area contributed by atoms with Crippen molar-refractivity contribution in [3.05, 3.63) is 30.1 Å². The maximum Gasteiger partial charge on any atom is 0.209 e. The first-order valence-corrected chi connectivity index (χ1v) is 10.4. The van der Waals surface area contributed by atoms with Crippen LogP contribution in [0.15, 0.2) is 24.3 Å². The number of hydrogen-bond donors (Lipinski definition) is 1. The van der Waals surface area contributed by atoms with E-state index in [0.29, 0.717) is 6.04 Å². The zero-order valence-electron chi connectivity index (χ0n) is 16.9. The summed E-state index contributed by atoms with van der Waals surface area (Å²) >= 11 is 0. The van der Waals surface area contributed by atoms with Gasteiger partial charge in [0.2, 0.25) is 5.82 Å². The van der Waals surface area contributed by atoms with E-state index in [4.69, 9.17) is 9.47 Å². The van der Waals surface area contributed by atoms with Crippen LogP contribution in [-0.2, 0) is 11.3 Å². The molecule has 152 valence electrons. The van der Waals surface area contributed by atoms with Gasteiger partial charge in [-0.05, 0) is 35.4 Å². The van der Waals surface area contributed by atoms with Crippen molar-refractivity contribution >= 4 is 5.69 Å². The molecule has 4 rings (SSSR count). The fraction of sp³-hybridized carbons (Fsp3) is 0.650. The first-order chi connectivity index (χ1) is 13.8. The maximum atomic E-state index is 5.78. The smallest absolute Gasteiger partial charge is 0.209 e. The number of rotatable bonds is 7. The van der Waals surface area contributed by atoms with E-state index < -0.39 is 0 Å². The fourth-order valence-corrected chi connectivity index (χ4v) is 4.50. The Kier molecular flexibility index (Phi) is 6.07. The molecule has 1 N–H and O–H groups in total. The van der Waals surface area contributed by atoms with Gasteiger partial charge in [-0.3, -0.25) is 0 Å². The van der Waals surface area contributed by atoms with Crippen molar-refractivity contribution in [1.29, 1.82) is 0 Å². The molecule has 0 spiro atoms. The molecule has 28 heavy (non-hydrogen) atoms. The third-order valence-corrected chi connectivity index (χ3v) is 6.00. The average molecular weight is 388 g/mol. The lowest BCUT2D eigenvalue weighted by molar-refractivity contribution is -0.933.